The van der Waals surface area contributed by atoms with Crippen molar-refractivity contribution >= 4 is 5.91 Å². The number of para-hydroxylation sites is 1. The lowest BCUT2D eigenvalue weighted by Crippen LogP contribution is -2.46. The zero-order chi connectivity index (χ0) is 22.3. The van der Waals surface area contributed by atoms with Crippen LogP contribution in [-0.2, 0) is 0 Å². The highest BCUT2D eigenvalue weighted by Gasteiger charge is 2.46. The van der Waals surface area contributed by atoms with E-state index in [0.29, 0.717) is 24.6 Å². The molecule has 2 aliphatic rings. The SMILES string of the molecule is O=C(c1ccccc1OC(F)(F)F)N1[C@@H]2CC[C@H]1CC(c1nc(-c3ccncc3)no1)C2. The first kappa shape index (κ1) is 20.5. The lowest BCUT2D eigenvalue weighted by Gasteiger charge is -2.38. The van der Waals surface area contributed by atoms with Gasteiger partial charge in [0.05, 0.1) is 5.56 Å². The molecule has 2 aromatic heterocycles. The van der Waals surface area contributed by atoms with Gasteiger partial charge in [-0.3, -0.25) is 9.78 Å². The van der Waals surface area contributed by atoms with Crippen LogP contribution in [-0.4, -0.2) is 44.4 Å². The lowest BCUT2D eigenvalue weighted by molar-refractivity contribution is -0.274. The highest BCUT2D eigenvalue weighted by molar-refractivity contribution is 5.97. The summed E-state index contributed by atoms with van der Waals surface area (Å²) in [6, 6.07) is 8.84. The fraction of sp³-hybridized carbons (Fsp3) is 0.364. The van der Waals surface area contributed by atoms with E-state index in [4.69, 9.17) is 4.52 Å². The molecule has 1 amide bonds. The van der Waals surface area contributed by atoms with Crippen molar-refractivity contribution < 1.29 is 27.2 Å². The average molecular weight is 444 g/mol. The van der Waals surface area contributed by atoms with Crippen molar-refractivity contribution in [3.05, 3.63) is 60.2 Å². The number of carbonyl (C=O) groups excluding carboxylic acids is 1. The molecule has 0 saturated carbocycles. The fourth-order valence-corrected chi connectivity index (χ4v) is 4.73. The minimum Gasteiger partial charge on any atom is -0.405 e. The van der Waals surface area contributed by atoms with E-state index in [-0.39, 0.29) is 23.6 Å². The highest BCUT2D eigenvalue weighted by atomic mass is 19.4. The smallest absolute Gasteiger partial charge is 0.405 e. The third kappa shape index (κ3) is 3.92. The van der Waals surface area contributed by atoms with E-state index in [0.717, 1.165) is 24.5 Å². The van der Waals surface area contributed by atoms with E-state index in [9.17, 15) is 18.0 Å². The first-order chi connectivity index (χ1) is 15.4. The molecule has 166 valence electrons. The molecule has 7 nitrogen and oxygen atoms in total. The van der Waals surface area contributed by atoms with Gasteiger partial charge < -0.3 is 14.2 Å². The van der Waals surface area contributed by atoms with Crippen LogP contribution >= 0.6 is 0 Å². The third-order valence-electron chi connectivity index (χ3n) is 6.04. The number of carbonyl (C=O) groups is 1. The number of benzene rings is 1. The summed E-state index contributed by atoms with van der Waals surface area (Å²) in [5.41, 5.74) is 0.713. The van der Waals surface area contributed by atoms with Crippen LogP contribution < -0.4 is 4.74 Å². The molecule has 1 unspecified atom stereocenters. The Morgan fingerprint density at radius 1 is 1.06 bits per heavy atom. The van der Waals surface area contributed by atoms with Gasteiger partial charge in [-0.05, 0) is 49.9 Å². The Labute approximate surface area is 181 Å². The summed E-state index contributed by atoms with van der Waals surface area (Å²) in [6.45, 7) is 0. The molecule has 2 saturated heterocycles. The summed E-state index contributed by atoms with van der Waals surface area (Å²) in [5, 5.41) is 4.06. The quantitative estimate of drug-likeness (QED) is 0.586. The standard InChI is InChI=1S/C22H19F3N4O3/c23-22(24,25)31-18-4-2-1-3-17(18)21(30)29-15-5-6-16(29)12-14(11-15)20-27-19(28-32-20)13-7-9-26-10-8-13/h1-4,7-10,14-16H,5-6,11-12H2/t14?,15-,16+. The maximum absolute atomic E-state index is 13.2. The van der Waals surface area contributed by atoms with E-state index in [1.54, 1.807) is 29.4 Å². The molecule has 2 bridgehead atoms. The molecule has 3 atom stereocenters. The maximum Gasteiger partial charge on any atom is 0.573 e. The van der Waals surface area contributed by atoms with Crippen molar-refractivity contribution in [3.63, 3.8) is 0 Å². The Kier molecular flexibility index (Phi) is 5.07. The molecule has 3 aromatic rings. The number of nitrogens with zero attached hydrogens (tertiary/aromatic N) is 4. The van der Waals surface area contributed by atoms with Gasteiger partial charge in [0.2, 0.25) is 11.7 Å². The number of halogens is 3. The molecule has 0 spiro atoms. The largest absolute Gasteiger partial charge is 0.573 e. The topological polar surface area (TPSA) is 81.4 Å². The minimum absolute atomic E-state index is 0.0127. The van der Waals surface area contributed by atoms with Gasteiger partial charge in [0.25, 0.3) is 5.91 Å². The predicted octanol–water partition coefficient (Wildman–Crippen LogP) is 4.58. The molecule has 0 aliphatic carbocycles. The third-order valence-corrected chi connectivity index (χ3v) is 6.04. The average Bonchev–Trinajstić information content (AvgIpc) is 3.36. The fourth-order valence-electron chi connectivity index (χ4n) is 4.73. The van der Waals surface area contributed by atoms with Gasteiger partial charge in [-0.15, -0.1) is 13.2 Å². The Balaban J connectivity index is 1.34. The number of piperidine rings is 1. The first-order valence-electron chi connectivity index (χ1n) is 10.3. The monoisotopic (exact) mass is 444 g/mol. The predicted molar refractivity (Wildman–Crippen MR) is 106 cm³/mol. The Bertz CT molecular complexity index is 1100. The summed E-state index contributed by atoms with van der Waals surface area (Å²) in [6.07, 6.45) is 1.21. The van der Waals surface area contributed by atoms with Gasteiger partial charge in [-0.1, -0.05) is 17.3 Å². The van der Waals surface area contributed by atoms with E-state index < -0.39 is 18.0 Å². The molecular formula is C22H19F3N4O3. The number of fused-ring (bicyclic) bond motifs is 2. The van der Waals surface area contributed by atoms with Crippen molar-refractivity contribution in [2.75, 3.05) is 0 Å². The van der Waals surface area contributed by atoms with Crippen LogP contribution in [0.2, 0.25) is 0 Å². The van der Waals surface area contributed by atoms with Crippen LogP contribution in [0.15, 0.2) is 53.3 Å². The van der Waals surface area contributed by atoms with E-state index in [1.165, 1.54) is 18.2 Å². The van der Waals surface area contributed by atoms with Crippen molar-refractivity contribution in [1.82, 2.24) is 20.0 Å². The summed E-state index contributed by atoms with van der Waals surface area (Å²) in [4.78, 5) is 23.4. The summed E-state index contributed by atoms with van der Waals surface area (Å²) < 4.78 is 47.9. The number of aromatic nitrogens is 3. The number of pyridine rings is 1. The second-order valence-corrected chi connectivity index (χ2v) is 8.00. The second-order valence-electron chi connectivity index (χ2n) is 8.00. The molecule has 0 N–H and O–H groups in total. The molecule has 0 radical (unpaired) electrons. The number of ether oxygens (including phenoxy) is 1. The van der Waals surface area contributed by atoms with Crippen LogP contribution in [0.5, 0.6) is 5.75 Å². The molecule has 10 heteroatoms. The van der Waals surface area contributed by atoms with Crippen LogP contribution in [0.4, 0.5) is 13.2 Å². The van der Waals surface area contributed by atoms with Crippen molar-refractivity contribution in [2.24, 2.45) is 0 Å². The first-order valence-corrected chi connectivity index (χ1v) is 10.3. The van der Waals surface area contributed by atoms with E-state index >= 15 is 0 Å². The number of amides is 1. The Hall–Kier alpha value is -3.43. The van der Waals surface area contributed by atoms with Gasteiger partial charge in [0, 0.05) is 36.0 Å². The van der Waals surface area contributed by atoms with E-state index in [1.807, 2.05) is 0 Å². The minimum atomic E-state index is -4.87. The molecule has 2 fully saturated rings. The molecule has 4 heterocycles. The summed E-state index contributed by atoms with van der Waals surface area (Å²) in [5.74, 6) is 0.0543. The zero-order valence-corrected chi connectivity index (χ0v) is 16.8. The molecule has 1 aromatic carbocycles. The van der Waals surface area contributed by atoms with Crippen LogP contribution in [0, 0.1) is 0 Å². The van der Waals surface area contributed by atoms with Crippen molar-refractivity contribution in [1.29, 1.82) is 0 Å². The van der Waals surface area contributed by atoms with Crippen molar-refractivity contribution in [2.45, 2.75) is 50.0 Å². The van der Waals surface area contributed by atoms with E-state index in [2.05, 4.69) is 19.9 Å². The zero-order valence-electron chi connectivity index (χ0n) is 16.8. The van der Waals surface area contributed by atoms with Crippen LogP contribution in [0.25, 0.3) is 11.4 Å². The normalized spacial score (nSPS) is 22.7. The van der Waals surface area contributed by atoms with Gasteiger partial charge in [0.15, 0.2) is 0 Å². The molecular weight excluding hydrogens is 425 g/mol. The van der Waals surface area contributed by atoms with Gasteiger partial charge in [0.1, 0.15) is 5.75 Å². The summed E-state index contributed by atoms with van der Waals surface area (Å²) in [7, 11) is 0. The second kappa shape index (κ2) is 7.92. The Morgan fingerprint density at radius 3 is 2.44 bits per heavy atom. The Morgan fingerprint density at radius 2 is 1.75 bits per heavy atom. The molecule has 32 heavy (non-hydrogen) atoms. The molecule has 2 aliphatic heterocycles. The number of rotatable bonds is 4. The highest BCUT2D eigenvalue weighted by Crippen LogP contribution is 2.44. The number of hydrogen-bond acceptors (Lipinski definition) is 6. The maximum atomic E-state index is 13.2. The van der Waals surface area contributed by atoms with Gasteiger partial charge >= 0.3 is 6.36 Å². The van der Waals surface area contributed by atoms with Crippen LogP contribution in [0.1, 0.15) is 47.8 Å². The lowest BCUT2D eigenvalue weighted by atomic mass is 9.90. The van der Waals surface area contributed by atoms with Gasteiger partial charge in [-0.25, -0.2) is 0 Å². The van der Waals surface area contributed by atoms with Crippen molar-refractivity contribution in [3.8, 4) is 17.1 Å². The van der Waals surface area contributed by atoms with Crippen LogP contribution in [0.3, 0.4) is 0 Å². The van der Waals surface area contributed by atoms with Gasteiger partial charge in [-0.2, -0.15) is 4.98 Å². The number of alkyl halides is 3. The summed E-state index contributed by atoms with van der Waals surface area (Å²) >= 11 is 0. The number of hydrogen-bond donors (Lipinski definition) is 0. The molecule has 5 rings (SSSR count).